The highest BCUT2D eigenvalue weighted by atomic mass is 79.9. The van der Waals surface area contributed by atoms with Gasteiger partial charge in [0.15, 0.2) is 0 Å². The molecule has 3 aromatic rings. The van der Waals surface area contributed by atoms with Gasteiger partial charge in [-0.3, -0.25) is 19.4 Å². The first-order chi connectivity index (χ1) is 16.9. The maximum absolute atomic E-state index is 13.8. The van der Waals surface area contributed by atoms with Gasteiger partial charge in [0.2, 0.25) is 5.91 Å². The predicted molar refractivity (Wildman–Crippen MR) is 135 cm³/mol. The monoisotopic (exact) mass is 533 g/mol. The number of benzene rings is 3. The number of rotatable bonds is 5. The summed E-state index contributed by atoms with van der Waals surface area (Å²) < 4.78 is 6.57. The molecular weight excluding hydrogens is 510 g/mol. The fourth-order valence-corrected chi connectivity index (χ4v) is 5.24. The van der Waals surface area contributed by atoms with E-state index in [9.17, 15) is 14.4 Å². The zero-order valence-electron chi connectivity index (χ0n) is 19.3. The first kappa shape index (κ1) is 23.3. The molecule has 3 amide bonds. The van der Waals surface area contributed by atoms with Crippen molar-refractivity contribution in [2.45, 2.75) is 25.9 Å². The van der Waals surface area contributed by atoms with E-state index in [1.165, 1.54) is 9.91 Å². The molecule has 0 bridgehead atoms. The molecule has 0 spiro atoms. The SMILES string of the molecule is CCOc1ccccc1C1NN(C(=O)c2cccc(Br)c2)C2C(=O)N(c3cccc(C)c3)C(=O)C12. The summed E-state index contributed by atoms with van der Waals surface area (Å²) in [6.45, 7) is 4.23. The minimum absolute atomic E-state index is 0.348. The number of para-hydroxylation sites is 1. The Hall–Kier alpha value is -3.49. The van der Waals surface area contributed by atoms with Crippen molar-refractivity contribution >= 4 is 39.3 Å². The smallest absolute Gasteiger partial charge is 0.268 e. The summed E-state index contributed by atoms with van der Waals surface area (Å²) in [4.78, 5) is 42.4. The summed E-state index contributed by atoms with van der Waals surface area (Å²) in [6.07, 6.45) is 0. The minimum atomic E-state index is -0.992. The number of nitrogens with zero attached hydrogens (tertiary/aromatic N) is 2. The average Bonchev–Trinajstić information content (AvgIpc) is 3.36. The van der Waals surface area contributed by atoms with Crippen molar-refractivity contribution in [3.8, 4) is 5.75 Å². The van der Waals surface area contributed by atoms with Crippen molar-refractivity contribution in [1.29, 1.82) is 0 Å². The number of ether oxygens (including phenoxy) is 1. The predicted octanol–water partition coefficient (Wildman–Crippen LogP) is 4.42. The molecule has 1 N–H and O–H groups in total. The van der Waals surface area contributed by atoms with Crippen molar-refractivity contribution in [3.63, 3.8) is 0 Å². The maximum atomic E-state index is 13.8. The number of hydrogen-bond donors (Lipinski definition) is 1. The lowest BCUT2D eigenvalue weighted by Crippen LogP contribution is -2.48. The molecule has 3 unspecified atom stereocenters. The highest BCUT2D eigenvalue weighted by molar-refractivity contribution is 9.10. The first-order valence-corrected chi connectivity index (χ1v) is 12.2. The molecule has 2 aliphatic heterocycles. The molecule has 0 aliphatic carbocycles. The Morgan fingerprint density at radius 1 is 1.00 bits per heavy atom. The summed E-state index contributed by atoms with van der Waals surface area (Å²) in [7, 11) is 0. The highest BCUT2D eigenvalue weighted by Gasteiger charge is 2.60. The second-order valence-electron chi connectivity index (χ2n) is 8.58. The van der Waals surface area contributed by atoms with Gasteiger partial charge in [-0.2, -0.15) is 0 Å². The molecule has 35 heavy (non-hydrogen) atoms. The molecule has 8 heteroatoms. The number of hydrogen-bond acceptors (Lipinski definition) is 5. The fourth-order valence-electron chi connectivity index (χ4n) is 4.84. The number of carbonyl (C=O) groups is 3. The van der Waals surface area contributed by atoms with Crippen LogP contribution in [0.25, 0.3) is 0 Å². The van der Waals surface area contributed by atoms with E-state index in [2.05, 4.69) is 21.4 Å². The highest BCUT2D eigenvalue weighted by Crippen LogP contribution is 2.44. The van der Waals surface area contributed by atoms with Gasteiger partial charge in [-0.1, -0.05) is 52.3 Å². The van der Waals surface area contributed by atoms with Crippen LogP contribution < -0.4 is 15.1 Å². The molecule has 3 aromatic carbocycles. The third-order valence-corrected chi connectivity index (χ3v) is 6.83. The Kier molecular flexibility index (Phi) is 6.17. The van der Waals surface area contributed by atoms with E-state index < -0.39 is 23.9 Å². The molecule has 5 rings (SSSR count). The van der Waals surface area contributed by atoms with E-state index in [4.69, 9.17) is 4.74 Å². The van der Waals surface area contributed by atoms with Gasteiger partial charge >= 0.3 is 0 Å². The van der Waals surface area contributed by atoms with Crippen molar-refractivity contribution in [2.75, 3.05) is 11.5 Å². The zero-order chi connectivity index (χ0) is 24.7. The van der Waals surface area contributed by atoms with Gasteiger partial charge in [0.1, 0.15) is 11.8 Å². The van der Waals surface area contributed by atoms with E-state index in [1.54, 1.807) is 30.3 Å². The molecule has 0 saturated carbocycles. The molecule has 3 atom stereocenters. The van der Waals surface area contributed by atoms with E-state index in [-0.39, 0.29) is 11.8 Å². The number of carbonyl (C=O) groups excluding carboxylic acids is 3. The van der Waals surface area contributed by atoms with Crippen molar-refractivity contribution < 1.29 is 19.1 Å². The van der Waals surface area contributed by atoms with E-state index in [1.807, 2.05) is 56.3 Å². The largest absolute Gasteiger partial charge is 0.494 e. The number of halogens is 1. The number of amides is 3. The number of anilines is 1. The maximum Gasteiger partial charge on any atom is 0.268 e. The van der Waals surface area contributed by atoms with Crippen LogP contribution in [0.5, 0.6) is 5.75 Å². The Morgan fingerprint density at radius 3 is 2.51 bits per heavy atom. The number of hydrazine groups is 1. The number of fused-ring (bicyclic) bond motifs is 1. The van der Waals surface area contributed by atoms with Crippen LogP contribution in [-0.2, 0) is 9.59 Å². The number of aryl methyl sites for hydroxylation is 1. The molecule has 2 aliphatic rings. The standard InChI is InChI=1S/C27H24BrN3O4/c1-3-35-21-13-5-4-12-20(21)23-22-24(31(29-23)25(32)17-9-7-10-18(28)15-17)27(34)30(26(22)33)19-11-6-8-16(2)14-19/h4-15,22-24,29H,3H2,1-2H3. The fraction of sp³-hybridized carbons (Fsp3) is 0.222. The molecular formula is C27H24BrN3O4. The average molecular weight is 534 g/mol. The van der Waals surface area contributed by atoms with E-state index in [0.717, 1.165) is 15.6 Å². The second-order valence-corrected chi connectivity index (χ2v) is 9.50. The van der Waals surface area contributed by atoms with Crippen molar-refractivity contribution in [3.05, 3.63) is 94.0 Å². The summed E-state index contributed by atoms with van der Waals surface area (Å²) in [6, 6.07) is 20.0. The van der Waals surface area contributed by atoms with Crippen LogP contribution in [0.3, 0.4) is 0 Å². The third-order valence-electron chi connectivity index (χ3n) is 6.34. The van der Waals surface area contributed by atoms with Crippen LogP contribution >= 0.6 is 15.9 Å². The van der Waals surface area contributed by atoms with Gasteiger partial charge in [-0.25, -0.2) is 10.3 Å². The normalized spacial score (nSPS) is 21.4. The van der Waals surface area contributed by atoms with Crippen LogP contribution in [0.4, 0.5) is 5.69 Å². The van der Waals surface area contributed by atoms with Gasteiger partial charge in [-0.15, -0.1) is 0 Å². The van der Waals surface area contributed by atoms with E-state index >= 15 is 0 Å². The minimum Gasteiger partial charge on any atom is -0.494 e. The van der Waals surface area contributed by atoms with Gasteiger partial charge in [0, 0.05) is 15.6 Å². The van der Waals surface area contributed by atoms with Crippen LogP contribution in [0.15, 0.2) is 77.3 Å². The summed E-state index contributed by atoms with van der Waals surface area (Å²) >= 11 is 3.40. The van der Waals surface area contributed by atoms with Crippen LogP contribution in [-0.4, -0.2) is 35.4 Å². The zero-order valence-corrected chi connectivity index (χ0v) is 20.9. The van der Waals surface area contributed by atoms with Gasteiger partial charge < -0.3 is 4.74 Å². The molecule has 178 valence electrons. The summed E-state index contributed by atoms with van der Waals surface area (Å²) in [5, 5.41) is 1.32. The van der Waals surface area contributed by atoms with Gasteiger partial charge in [0.05, 0.1) is 24.3 Å². The molecule has 0 aromatic heterocycles. The van der Waals surface area contributed by atoms with E-state index in [0.29, 0.717) is 23.6 Å². The summed E-state index contributed by atoms with van der Waals surface area (Å²) in [5.74, 6) is -1.36. The first-order valence-electron chi connectivity index (χ1n) is 11.4. The van der Waals surface area contributed by atoms with Crippen molar-refractivity contribution in [1.82, 2.24) is 10.4 Å². The van der Waals surface area contributed by atoms with Gasteiger partial charge in [-0.05, 0) is 55.8 Å². The lowest BCUT2D eigenvalue weighted by molar-refractivity contribution is -0.123. The molecule has 2 saturated heterocycles. The molecule has 2 heterocycles. The Balaban J connectivity index is 1.61. The molecule has 7 nitrogen and oxygen atoms in total. The quantitative estimate of drug-likeness (QED) is 0.491. The summed E-state index contributed by atoms with van der Waals surface area (Å²) in [5.41, 5.74) is 5.75. The second kappa shape index (κ2) is 9.28. The topological polar surface area (TPSA) is 79.0 Å². The number of imide groups is 1. The Labute approximate surface area is 211 Å². The Bertz CT molecular complexity index is 1330. The van der Waals surface area contributed by atoms with Crippen LogP contribution in [0.2, 0.25) is 0 Å². The van der Waals surface area contributed by atoms with Crippen LogP contribution in [0, 0.1) is 12.8 Å². The Morgan fingerprint density at radius 2 is 1.77 bits per heavy atom. The number of nitrogens with one attached hydrogen (secondary N) is 1. The van der Waals surface area contributed by atoms with Crippen LogP contribution in [0.1, 0.15) is 34.5 Å². The van der Waals surface area contributed by atoms with Gasteiger partial charge in [0.25, 0.3) is 11.8 Å². The van der Waals surface area contributed by atoms with Crippen molar-refractivity contribution in [2.24, 2.45) is 5.92 Å². The lowest BCUT2D eigenvalue weighted by atomic mass is 9.90. The third kappa shape index (κ3) is 4.02. The molecule has 2 fully saturated rings. The lowest BCUT2D eigenvalue weighted by Gasteiger charge is -2.26. The molecule has 0 radical (unpaired) electrons.